The summed E-state index contributed by atoms with van der Waals surface area (Å²) in [7, 11) is 1.58. The number of aliphatic carboxylic acids is 1. The van der Waals surface area contributed by atoms with Crippen LogP contribution in [-0.4, -0.2) is 34.5 Å². The fourth-order valence-electron chi connectivity index (χ4n) is 3.36. The molecule has 1 aromatic heterocycles. The maximum Gasteiger partial charge on any atom is 0.329 e. The Morgan fingerprint density at radius 3 is 2.32 bits per heavy atom. The highest BCUT2D eigenvalue weighted by molar-refractivity contribution is 5.96. The van der Waals surface area contributed by atoms with E-state index < -0.39 is 11.5 Å². The van der Waals surface area contributed by atoms with Crippen LogP contribution in [0.1, 0.15) is 67.8 Å². The number of hydrogen-bond donors (Lipinski definition) is 1. The predicted octanol–water partition coefficient (Wildman–Crippen LogP) is 3.26. The summed E-state index contributed by atoms with van der Waals surface area (Å²) in [6, 6.07) is 1.76. The van der Waals surface area contributed by atoms with Crippen molar-refractivity contribution in [2.45, 2.75) is 64.3 Å². The third-order valence-electron chi connectivity index (χ3n) is 4.83. The zero-order valence-corrected chi connectivity index (χ0v) is 13.6. The first-order valence-corrected chi connectivity index (χ1v) is 8.09. The number of furan rings is 1. The lowest BCUT2D eigenvalue weighted by molar-refractivity contribution is -0.151. The number of hydrogen-bond acceptors (Lipinski definition) is 3. The van der Waals surface area contributed by atoms with Crippen molar-refractivity contribution in [3.8, 4) is 0 Å². The Morgan fingerprint density at radius 1 is 1.23 bits per heavy atom. The molecule has 1 aliphatic carbocycles. The predicted molar refractivity (Wildman–Crippen MR) is 83.0 cm³/mol. The van der Waals surface area contributed by atoms with E-state index in [9.17, 15) is 14.7 Å². The van der Waals surface area contributed by atoms with Gasteiger partial charge in [0, 0.05) is 13.5 Å². The van der Waals surface area contributed by atoms with Gasteiger partial charge in [-0.3, -0.25) is 4.79 Å². The molecular weight excluding hydrogens is 282 g/mol. The highest BCUT2D eigenvalue weighted by Gasteiger charge is 2.46. The molecule has 1 fully saturated rings. The molecule has 0 unspecified atom stereocenters. The van der Waals surface area contributed by atoms with Gasteiger partial charge in [-0.15, -0.1) is 0 Å². The van der Waals surface area contributed by atoms with Crippen molar-refractivity contribution in [1.82, 2.24) is 4.90 Å². The van der Waals surface area contributed by atoms with Crippen LogP contribution >= 0.6 is 0 Å². The topological polar surface area (TPSA) is 70.8 Å². The summed E-state index contributed by atoms with van der Waals surface area (Å²) in [6.45, 7) is 4.00. The van der Waals surface area contributed by atoms with Crippen LogP contribution in [0.4, 0.5) is 0 Å². The highest BCUT2D eigenvalue weighted by atomic mass is 16.4. The van der Waals surface area contributed by atoms with Gasteiger partial charge < -0.3 is 14.4 Å². The SMILES string of the molecule is CCc1cc(C(=O)N(C)C2(C(=O)O)CCCCC2)oc1CC. The van der Waals surface area contributed by atoms with Crippen LogP contribution in [-0.2, 0) is 17.6 Å². The first-order chi connectivity index (χ1) is 10.5. The van der Waals surface area contributed by atoms with Crippen molar-refractivity contribution in [3.05, 3.63) is 23.2 Å². The van der Waals surface area contributed by atoms with Crippen LogP contribution in [0.2, 0.25) is 0 Å². The Hall–Kier alpha value is -1.78. The Bertz CT molecular complexity index is 534. The van der Waals surface area contributed by atoms with Crippen molar-refractivity contribution in [3.63, 3.8) is 0 Å². The second-order valence-electron chi connectivity index (χ2n) is 6.03. The molecule has 5 heteroatoms. The zero-order chi connectivity index (χ0) is 16.3. The molecule has 1 N–H and O–H groups in total. The molecule has 0 saturated heterocycles. The van der Waals surface area contributed by atoms with Gasteiger partial charge in [0.25, 0.3) is 5.91 Å². The minimum atomic E-state index is -1.10. The van der Waals surface area contributed by atoms with Gasteiger partial charge in [-0.1, -0.05) is 33.1 Å². The summed E-state index contributed by atoms with van der Waals surface area (Å²) in [5.41, 5.74) is -0.0757. The number of carbonyl (C=O) groups excluding carboxylic acids is 1. The van der Waals surface area contributed by atoms with E-state index >= 15 is 0 Å². The number of nitrogens with zero attached hydrogens (tertiary/aromatic N) is 1. The van der Waals surface area contributed by atoms with E-state index in [0.29, 0.717) is 12.8 Å². The zero-order valence-electron chi connectivity index (χ0n) is 13.6. The van der Waals surface area contributed by atoms with E-state index in [-0.39, 0.29) is 11.7 Å². The summed E-state index contributed by atoms with van der Waals surface area (Å²) in [5, 5.41) is 9.68. The molecule has 1 aromatic rings. The lowest BCUT2D eigenvalue weighted by Crippen LogP contribution is -2.56. The monoisotopic (exact) mass is 307 g/mol. The minimum absolute atomic E-state index is 0.252. The van der Waals surface area contributed by atoms with E-state index in [4.69, 9.17) is 4.42 Å². The fraction of sp³-hybridized carbons (Fsp3) is 0.647. The third kappa shape index (κ3) is 2.76. The van der Waals surface area contributed by atoms with Gasteiger partial charge >= 0.3 is 5.97 Å². The van der Waals surface area contributed by atoms with Crippen molar-refractivity contribution in [2.24, 2.45) is 0 Å². The van der Waals surface area contributed by atoms with Gasteiger partial charge in [0.05, 0.1) is 0 Å². The molecule has 0 aliphatic heterocycles. The number of carboxylic acid groups (broad SMARTS) is 1. The maximum atomic E-state index is 12.7. The van der Waals surface area contributed by atoms with Crippen molar-refractivity contribution < 1.29 is 19.1 Å². The maximum absolute atomic E-state index is 12.7. The molecular formula is C17H25NO4. The average Bonchev–Trinajstić information content (AvgIpc) is 2.97. The Kier molecular flexibility index (Phi) is 4.94. The smallest absolute Gasteiger partial charge is 0.329 e. The summed E-state index contributed by atoms with van der Waals surface area (Å²) >= 11 is 0. The number of likely N-dealkylation sites (N-methyl/N-ethyl adjacent to an activating group) is 1. The summed E-state index contributed by atoms with van der Waals surface area (Å²) < 4.78 is 5.67. The van der Waals surface area contributed by atoms with Gasteiger partial charge in [0.2, 0.25) is 0 Å². The second kappa shape index (κ2) is 6.55. The Morgan fingerprint density at radius 2 is 1.86 bits per heavy atom. The molecule has 5 nitrogen and oxygen atoms in total. The summed E-state index contributed by atoms with van der Waals surface area (Å²) in [4.78, 5) is 25.9. The van der Waals surface area contributed by atoms with E-state index in [2.05, 4.69) is 0 Å². The van der Waals surface area contributed by atoms with E-state index in [0.717, 1.165) is 43.4 Å². The molecule has 1 aliphatic rings. The van der Waals surface area contributed by atoms with Gasteiger partial charge in [0.1, 0.15) is 11.3 Å². The molecule has 2 rings (SSSR count). The van der Waals surface area contributed by atoms with Crippen LogP contribution in [0.3, 0.4) is 0 Å². The number of carboxylic acids is 1. The van der Waals surface area contributed by atoms with E-state index in [1.807, 2.05) is 13.8 Å². The first kappa shape index (κ1) is 16.6. The quantitative estimate of drug-likeness (QED) is 0.906. The molecule has 0 radical (unpaired) electrons. The Balaban J connectivity index is 2.30. The number of aryl methyl sites for hydroxylation is 2. The molecule has 1 heterocycles. The Labute approximate surface area is 131 Å². The summed E-state index contributed by atoms with van der Waals surface area (Å²) in [6.07, 6.45) is 5.24. The van der Waals surface area contributed by atoms with Gasteiger partial charge in [0.15, 0.2) is 5.76 Å². The molecule has 1 amide bonds. The molecule has 0 atom stereocenters. The second-order valence-corrected chi connectivity index (χ2v) is 6.03. The lowest BCUT2D eigenvalue weighted by Gasteiger charge is -2.40. The highest BCUT2D eigenvalue weighted by Crippen LogP contribution is 2.34. The largest absolute Gasteiger partial charge is 0.479 e. The van der Waals surface area contributed by atoms with Crippen molar-refractivity contribution in [1.29, 1.82) is 0 Å². The number of rotatable bonds is 5. The van der Waals surface area contributed by atoms with Crippen LogP contribution in [0, 0.1) is 0 Å². The number of amides is 1. The van der Waals surface area contributed by atoms with Crippen LogP contribution in [0.5, 0.6) is 0 Å². The van der Waals surface area contributed by atoms with Crippen molar-refractivity contribution >= 4 is 11.9 Å². The average molecular weight is 307 g/mol. The first-order valence-electron chi connectivity index (χ1n) is 8.09. The number of carbonyl (C=O) groups is 2. The standard InChI is InChI=1S/C17H25NO4/c1-4-12-11-14(22-13(12)5-2)15(19)18(3)17(16(20)21)9-7-6-8-10-17/h11H,4-10H2,1-3H3,(H,20,21). The fourth-order valence-corrected chi connectivity index (χ4v) is 3.36. The van der Waals surface area contributed by atoms with E-state index in [1.165, 1.54) is 4.90 Å². The molecule has 0 bridgehead atoms. The van der Waals surface area contributed by atoms with Crippen LogP contribution in [0.25, 0.3) is 0 Å². The molecule has 0 spiro atoms. The molecule has 122 valence electrons. The van der Waals surface area contributed by atoms with Crippen LogP contribution in [0.15, 0.2) is 10.5 Å². The van der Waals surface area contributed by atoms with Crippen molar-refractivity contribution in [2.75, 3.05) is 7.05 Å². The van der Waals surface area contributed by atoms with Gasteiger partial charge in [-0.25, -0.2) is 4.79 Å². The normalized spacial score (nSPS) is 17.2. The third-order valence-corrected chi connectivity index (χ3v) is 4.83. The van der Waals surface area contributed by atoms with Gasteiger partial charge in [-0.2, -0.15) is 0 Å². The molecule has 1 saturated carbocycles. The summed E-state index contributed by atoms with van der Waals surface area (Å²) in [5.74, 6) is -0.186. The van der Waals surface area contributed by atoms with E-state index in [1.54, 1.807) is 13.1 Å². The van der Waals surface area contributed by atoms with Gasteiger partial charge in [-0.05, 0) is 30.9 Å². The van der Waals surface area contributed by atoms with Crippen LogP contribution < -0.4 is 0 Å². The minimum Gasteiger partial charge on any atom is -0.479 e. The molecule has 22 heavy (non-hydrogen) atoms. The lowest BCUT2D eigenvalue weighted by atomic mass is 9.80. The molecule has 0 aromatic carbocycles.